The summed E-state index contributed by atoms with van der Waals surface area (Å²) in [6.07, 6.45) is 0.922. The van der Waals surface area contributed by atoms with Crippen molar-refractivity contribution >= 4 is 11.6 Å². The molecule has 21 heavy (non-hydrogen) atoms. The lowest BCUT2D eigenvalue weighted by molar-refractivity contribution is 0.0996. The van der Waals surface area contributed by atoms with E-state index in [0.717, 1.165) is 24.3 Å². The zero-order valence-electron chi connectivity index (χ0n) is 11.4. The molecule has 2 aromatic rings. The van der Waals surface area contributed by atoms with Crippen LogP contribution in [-0.2, 0) is 13.0 Å². The molecule has 108 valence electrons. The summed E-state index contributed by atoms with van der Waals surface area (Å²) < 4.78 is 18.8. The number of fused-ring (bicyclic) bond motifs is 1. The third-order valence-corrected chi connectivity index (χ3v) is 3.48. The van der Waals surface area contributed by atoms with Crippen LogP contribution in [0.2, 0.25) is 0 Å². The maximum atomic E-state index is 13.4. The molecule has 1 amide bonds. The molecule has 0 fully saturated rings. The lowest BCUT2D eigenvalue weighted by Gasteiger charge is -2.09. The Morgan fingerprint density at radius 3 is 2.95 bits per heavy atom. The van der Waals surface area contributed by atoms with E-state index >= 15 is 0 Å². The lowest BCUT2D eigenvalue weighted by Crippen LogP contribution is -2.13. The van der Waals surface area contributed by atoms with E-state index in [1.54, 1.807) is 6.07 Å². The normalized spacial score (nSPS) is 12.6. The Balaban J connectivity index is 1.73. The topological polar surface area (TPSA) is 64.4 Å². The van der Waals surface area contributed by atoms with Gasteiger partial charge in [0.25, 0.3) is 5.91 Å². The van der Waals surface area contributed by atoms with E-state index in [0.29, 0.717) is 12.2 Å². The average molecular weight is 286 g/mol. The van der Waals surface area contributed by atoms with Gasteiger partial charge in [-0.3, -0.25) is 4.79 Å². The van der Waals surface area contributed by atoms with E-state index in [-0.39, 0.29) is 5.56 Å². The van der Waals surface area contributed by atoms with Crippen molar-refractivity contribution in [3.8, 4) is 5.75 Å². The van der Waals surface area contributed by atoms with Gasteiger partial charge in [-0.15, -0.1) is 0 Å². The summed E-state index contributed by atoms with van der Waals surface area (Å²) in [6, 6.07) is 10.3. The molecule has 4 nitrogen and oxygen atoms in total. The fraction of sp³-hybridized carbons (Fsp3) is 0.188. The van der Waals surface area contributed by atoms with Gasteiger partial charge in [-0.1, -0.05) is 12.1 Å². The van der Waals surface area contributed by atoms with Crippen LogP contribution in [0.15, 0.2) is 36.4 Å². The van der Waals surface area contributed by atoms with Crippen LogP contribution in [-0.4, -0.2) is 12.5 Å². The second-order valence-electron chi connectivity index (χ2n) is 4.95. The molecule has 0 radical (unpaired) electrons. The first-order valence-corrected chi connectivity index (χ1v) is 6.71. The van der Waals surface area contributed by atoms with Gasteiger partial charge in [0.2, 0.25) is 0 Å². The summed E-state index contributed by atoms with van der Waals surface area (Å²) in [7, 11) is 0. The van der Waals surface area contributed by atoms with E-state index in [1.165, 1.54) is 17.7 Å². The zero-order valence-corrected chi connectivity index (χ0v) is 11.4. The highest BCUT2D eigenvalue weighted by Crippen LogP contribution is 2.26. The maximum Gasteiger partial charge on any atom is 0.251 e. The van der Waals surface area contributed by atoms with Gasteiger partial charge >= 0.3 is 0 Å². The predicted octanol–water partition coefficient (Wildman–Crippen LogP) is 2.47. The summed E-state index contributed by atoms with van der Waals surface area (Å²) in [5.41, 5.74) is 7.98. The number of ether oxygens (including phenoxy) is 1. The standard InChI is InChI=1S/C16H15FN2O2/c17-14-3-2-12(8-13(14)16(18)20)19-9-10-1-4-15-11(7-10)5-6-21-15/h1-4,7-8,19H,5-6,9H2,(H2,18,20). The van der Waals surface area contributed by atoms with Crippen molar-refractivity contribution in [3.63, 3.8) is 0 Å². The molecule has 0 saturated heterocycles. The number of primary amides is 1. The van der Waals surface area contributed by atoms with Gasteiger partial charge in [-0.2, -0.15) is 0 Å². The summed E-state index contributed by atoms with van der Waals surface area (Å²) in [6.45, 7) is 1.31. The minimum absolute atomic E-state index is 0.109. The molecule has 0 aliphatic carbocycles. The Labute approximate surface area is 121 Å². The fourth-order valence-corrected chi connectivity index (χ4v) is 2.38. The van der Waals surface area contributed by atoms with Crippen LogP contribution in [0.4, 0.5) is 10.1 Å². The molecule has 3 rings (SSSR count). The van der Waals surface area contributed by atoms with Crippen molar-refractivity contribution in [2.75, 3.05) is 11.9 Å². The highest BCUT2D eigenvalue weighted by atomic mass is 19.1. The monoisotopic (exact) mass is 286 g/mol. The Morgan fingerprint density at radius 2 is 2.14 bits per heavy atom. The van der Waals surface area contributed by atoms with Crippen LogP contribution >= 0.6 is 0 Å². The van der Waals surface area contributed by atoms with Crippen molar-refractivity contribution < 1.29 is 13.9 Å². The SMILES string of the molecule is NC(=O)c1cc(NCc2ccc3c(c2)CCO3)ccc1F. The van der Waals surface area contributed by atoms with Crippen LogP contribution in [0.3, 0.4) is 0 Å². The maximum absolute atomic E-state index is 13.4. The molecular weight excluding hydrogens is 271 g/mol. The lowest BCUT2D eigenvalue weighted by atomic mass is 10.1. The molecule has 0 atom stereocenters. The quantitative estimate of drug-likeness (QED) is 0.907. The number of amides is 1. The largest absolute Gasteiger partial charge is 0.493 e. The Hall–Kier alpha value is -2.56. The number of benzene rings is 2. The number of hydrogen-bond acceptors (Lipinski definition) is 3. The van der Waals surface area contributed by atoms with Crippen LogP contribution in [0.1, 0.15) is 21.5 Å². The molecule has 2 aromatic carbocycles. The highest BCUT2D eigenvalue weighted by Gasteiger charge is 2.12. The first kappa shape index (κ1) is 13.4. The average Bonchev–Trinajstić information content (AvgIpc) is 2.93. The van der Waals surface area contributed by atoms with E-state index in [2.05, 4.69) is 11.4 Å². The molecule has 0 unspecified atom stereocenters. The van der Waals surface area contributed by atoms with Crippen molar-refractivity contribution in [3.05, 3.63) is 58.9 Å². The fourth-order valence-electron chi connectivity index (χ4n) is 2.38. The molecular formula is C16H15FN2O2. The first-order chi connectivity index (χ1) is 10.1. The summed E-state index contributed by atoms with van der Waals surface area (Å²) >= 11 is 0. The number of nitrogens with one attached hydrogen (secondary N) is 1. The molecule has 0 bridgehead atoms. The van der Waals surface area contributed by atoms with Crippen LogP contribution < -0.4 is 15.8 Å². The summed E-state index contributed by atoms with van der Waals surface area (Å²) in [5, 5.41) is 3.16. The van der Waals surface area contributed by atoms with E-state index < -0.39 is 11.7 Å². The van der Waals surface area contributed by atoms with Gasteiger partial charge in [-0.25, -0.2) is 4.39 Å². The smallest absolute Gasteiger partial charge is 0.251 e. The van der Waals surface area contributed by atoms with Crippen molar-refractivity contribution in [1.82, 2.24) is 0 Å². The number of rotatable bonds is 4. The molecule has 0 spiro atoms. The van der Waals surface area contributed by atoms with Gasteiger partial charge < -0.3 is 15.8 Å². The number of hydrogen-bond donors (Lipinski definition) is 2. The Bertz CT molecular complexity index is 701. The molecule has 1 heterocycles. The Morgan fingerprint density at radius 1 is 1.29 bits per heavy atom. The number of carbonyl (C=O) groups excluding carboxylic acids is 1. The third-order valence-electron chi connectivity index (χ3n) is 3.48. The molecule has 1 aliphatic heterocycles. The highest BCUT2D eigenvalue weighted by molar-refractivity contribution is 5.94. The third kappa shape index (κ3) is 2.81. The summed E-state index contributed by atoms with van der Waals surface area (Å²) in [4.78, 5) is 11.1. The number of anilines is 1. The number of carbonyl (C=O) groups is 1. The predicted molar refractivity (Wildman–Crippen MR) is 77.9 cm³/mol. The van der Waals surface area contributed by atoms with Gasteiger partial charge in [0.05, 0.1) is 12.2 Å². The molecule has 5 heteroatoms. The second kappa shape index (κ2) is 5.44. The van der Waals surface area contributed by atoms with E-state index in [1.807, 2.05) is 12.1 Å². The van der Waals surface area contributed by atoms with Gasteiger partial charge in [0.1, 0.15) is 11.6 Å². The van der Waals surface area contributed by atoms with Crippen molar-refractivity contribution in [2.24, 2.45) is 5.73 Å². The minimum Gasteiger partial charge on any atom is -0.493 e. The Kier molecular flexibility index (Phi) is 3.48. The van der Waals surface area contributed by atoms with E-state index in [9.17, 15) is 9.18 Å². The van der Waals surface area contributed by atoms with Gasteiger partial charge in [0.15, 0.2) is 0 Å². The van der Waals surface area contributed by atoms with Crippen molar-refractivity contribution in [1.29, 1.82) is 0 Å². The van der Waals surface area contributed by atoms with Crippen LogP contribution in [0.25, 0.3) is 0 Å². The van der Waals surface area contributed by atoms with Gasteiger partial charge in [-0.05, 0) is 35.4 Å². The first-order valence-electron chi connectivity index (χ1n) is 6.71. The van der Waals surface area contributed by atoms with Crippen molar-refractivity contribution in [2.45, 2.75) is 13.0 Å². The molecule has 0 saturated carbocycles. The minimum atomic E-state index is -0.772. The van der Waals surface area contributed by atoms with Crippen LogP contribution in [0, 0.1) is 5.82 Å². The zero-order chi connectivity index (χ0) is 14.8. The summed E-state index contributed by atoms with van der Waals surface area (Å²) in [5.74, 6) is -0.440. The molecule has 0 aromatic heterocycles. The second-order valence-corrected chi connectivity index (χ2v) is 4.95. The molecule has 3 N–H and O–H groups in total. The van der Waals surface area contributed by atoms with Gasteiger partial charge in [0, 0.05) is 18.7 Å². The number of halogens is 1. The van der Waals surface area contributed by atoms with Crippen LogP contribution in [0.5, 0.6) is 5.75 Å². The van der Waals surface area contributed by atoms with E-state index in [4.69, 9.17) is 10.5 Å². The molecule has 1 aliphatic rings. The number of nitrogens with two attached hydrogens (primary N) is 1.